The lowest BCUT2D eigenvalue weighted by molar-refractivity contribution is 0.185. The second kappa shape index (κ2) is 8.88. The van der Waals surface area contributed by atoms with Crippen LogP contribution in [0.25, 0.3) is 5.69 Å². The first-order valence-electron chi connectivity index (χ1n) is 10.8. The fourth-order valence-corrected chi connectivity index (χ4v) is 6.26. The molecule has 31 heavy (non-hydrogen) atoms. The maximum absolute atomic E-state index is 13.9. The zero-order valence-corrected chi connectivity index (χ0v) is 19.1. The molecular weight excluding hydrogens is 410 g/mol. The summed E-state index contributed by atoms with van der Waals surface area (Å²) in [6, 6.07) is 13.3. The molecule has 8 heteroatoms. The number of rotatable bonds is 6. The Morgan fingerprint density at radius 3 is 2.45 bits per heavy atom. The Hall–Kier alpha value is -2.58. The topological polar surface area (TPSA) is 81.0 Å². The van der Waals surface area contributed by atoms with Crippen LogP contribution in [0.1, 0.15) is 49.3 Å². The van der Waals surface area contributed by atoms with Crippen molar-refractivity contribution in [1.29, 1.82) is 0 Å². The highest BCUT2D eigenvalue weighted by Crippen LogP contribution is 2.33. The van der Waals surface area contributed by atoms with Gasteiger partial charge in [0.1, 0.15) is 6.33 Å². The Morgan fingerprint density at radius 2 is 1.81 bits per heavy atom. The molecule has 1 aliphatic carbocycles. The molecule has 0 N–H and O–H groups in total. The number of aryl methyl sites for hydroxylation is 2. The third-order valence-electron chi connectivity index (χ3n) is 6.27. The normalized spacial score (nSPS) is 19.6. The highest BCUT2D eigenvalue weighted by atomic mass is 32.2. The molecule has 0 amide bonds. The highest BCUT2D eigenvalue weighted by molar-refractivity contribution is 7.89. The zero-order valence-electron chi connectivity index (χ0n) is 18.3. The van der Waals surface area contributed by atoms with Crippen molar-refractivity contribution in [3.05, 3.63) is 65.5 Å². The largest absolute Gasteiger partial charge is 0.243 e. The van der Waals surface area contributed by atoms with Crippen LogP contribution in [-0.4, -0.2) is 39.0 Å². The molecule has 2 atom stereocenters. The third-order valence-corrected chi connectivity index (χ3v) is 8.13. The van der Waals surface area contributed by atoms with Crippen LogP contribution in [0.4, 0.5) is 0 Å². The van der Waals surface area contributed by atoms with Gasteiger partial charge in [0, 0.05) is 12.6 Å². The molecule has 0 aliphatic heterocycles. The Bertz CT molecular complexity index is 1130. The van der Waals surface area contributed by atoms with Gasteiger partial charge in [-0.2, -0.15) is 4.31 Å². The standard InChI is InChI=1S/C23H29N5O2S/c1-17-8-10-20(11-9-17)15-28(23-7-5-4-6-18(23)2)31(29,30)21-12-13-22(19(3)14-21)27-16-24-25-26-27/h8-14,16,18,23H,4-7,15H2,1-3H3/t18-,23+/m0/s1. The molecule has 2 aromatic carbocycles. The van der Waals surface area contributed by atoms with E-state index in [1.165, 1.54) is 6.33 Å². The summed E-state index contributed by atoms with van der Waals surface area (Å²) in [5.41, 5.74) is 3.74. The van der Waals surface area contributed by atoms with Crippen molar-refractivity contribution in [1.82, 2.24) is 24.5 Å². The van der Waals surface area contributed by atoms with Gasteiger partial charge in [-0.25, -0.2) is 13.1 Å². The number of aromatic nitrogens is 4. The van der Waals surface area contributed by atoms with Gasteiger partial charge >= 0.3 is 0 Å². The number of nitrogens with zero attached hydrogens (tertiary/aromatic N) is 5. The molecule has 7 nitrogen and oxygen atoms in total. The first-order chi connectivity index (χ1) is 14.9. The summed E-state index contributed by atoms with van der Waals surface area (Å²) >= 11 is 0. The second-order valence-electron chi connectivity index (χ2n) is 8.57. The Labute approximate surface area is 184 Å². The van der Waals surface area contributed by atoms with E-state index in [4.69, 9.17) is 0 Å². The molecule has 0 unspecified atom stereocenters. The summed E-state index contributed by atoms with van der Waals surface area (Å²) < 4.78 is 31.0. The number of hydrogen-bond acceptors (Lipinski definition) is 5. The predicted octanol–water partition coefficient (Wildman–Crippen LogP) is 4.05. The Kier molecular flexibility index (Phi) is 6.20. The first kappa shape index (κ1) is 21.6. The van der Waals surface area contributed by atoms with E-state index >= 15 is 0 Å². The molecule has 1 fully saturated rings. The summed E-state index contributed by atoms with van der Waals surface area (Å²) in [7, 11) is -3.68. The minimum Gasteiger partial charge on any atom is -0.207 e. The maximum atomic E-state index is 13.9. The lowest BCUT2D eigenvalue weighted by Gasteiger charge is -2.38. The van der Waals surface area contributed by atoms with Crippen LogP contribution in [0.3, 0.4) is 0 Å². The van der Waals surface area contributed by atoms with E-state index in [-0.39, 0.29) is 6.04 Å². The van der Waals surface area contributed by atoms with E-state index in [0.29, 0.717) is 17.4 Å². The smallest absolute Gasteiger partial charge is 0.207 e. The zero-order chi connectivity index (χ0) is 22.0. The monoisotopic (exact) mass is 439 g/mol. The van der Waals surface area contributed by atoms with E-state index in [1.54, 1.807) is 27.2 Å². The van der Waals surface area contributed by atoms with Gasteiger partial charge in [-0.3, -0.25) is 0 Å². The van der Waals surface area contributed by atoms with Gasteiger partial charge < -0.3 is 0 Å². The van der Waals surface area contributed by atoms with Crippen LogP contribution in [0.5, 0.6) is 0 Å². The molecule has 0 bridgehead atoms. The maximum Gasteiger partial charge on any atom is 0.243 e. The van der Waals surface area contributed by atoms with Crippen molar-refractivity contribution in [3.63, 3.8) is 0 Å². The van der Waals surface area contributed by atoms with Gasteiger partial charge in [-0.15, -0.1) is 5.10 Å². The van der Waals surface area contributed by atoms with Crippen LogP contribution < -0.4 is 0 Å². The van der Waals surface area contributed by atoms with Gasteiger partial charge in [-0.1, -0.05) is 49.6 Å². The van der Waals surface area contributed by atoms with E-state index < -0.39 is 10.0 Å². The SMILES string of the molecule is Cc1ccc(CN([C@@H]2CCCC[C@@H]2C)S(=O)(=O)c2ccc(-n3cnnn3)c(C)c2)cc1. The number of benzene rings is 2. The average molecular weight is 440 g/mol. The van der Waals surface area contributed by atoms with Gasteiger partial charge in [0.25, 0.3) is 0 Å². The minimum atomic E-state index is -3.68. The van der Waals surface area contributed by atoms with Crippen molar-refractivity contribution in [2.24, 2.45) is 5.92 Å². The van der Waals surface area contributed by atoms with E-state index in [0.717, 1.165) is 48.1 Å². The van der Waals surface area contributed by atoms with Crippen molar-refractivity contribution in [3.8, 4) is 5.69 Å². The van der Waals surface area contributed by atoms with Crippen LogP contribution in [-0.2, 0) is 16.6 Å². The molecule has 4 rings (SSSR count). The fraction of sp³-hybridized carbons (Fsp3) is 0.435. The number of sulfonamides is 1. The lowest BCUT2D eigenvalue weighted by Crippen LogP contribution is -2.44. The number of hydrogen-bond donors (Lipinski definition) is 0. The average Bonchev–Trinajstić information content (AvgIpc) is 3.28. The summed E-state index contributed by atoms with van der Waals surface area (Å²) in [6.45, 7) is 6.47. The second-order valence-corrected chi connectivity index (χ2v) is 10.5. The number of tetrazole rings is 1. The van der Waals surface area contributed by atoms with Gasteiger partial charge in [0.05, 0.1) is 10.6 Å². The first-order valence-corrected chi connectivity index (χ1v) is 12.2. The molecule has 0 spiro atoms. The fourth-order valence-electron chi connectivity index (χ4n) is 4.43. The summed E-state index contributed by atoms with van der Waals surface area (Å²) in [4.78, 5) is 0.312. The third kappa shape index (κ3) is 4.55. The molecule has 1 aromatic heterocycles. The molecule has 1 heterocycles. The summed E-state index contributed by atoms with van der Waals surface area (Å²) in [5, 5.41) is 11.3. The van der Waals surface area contributed by atoms with Crippen molar-refractivity contribution < 1.29 is 8.42 Å². The van der Waals surface area contributed by atoms with Gasteiger partial charge in [0.2, 0.25) is 10.0 Å². The van der Waals surface area contributed by atoms with Gasteiger partial charge in [-0.05, 0) is 72.4 Å². The van der Waals surface area contributed by atoms with Crippen LogP contribution in [0, 0.1) is 19.8 Å². The van der Waals surface area contributed by atoms with E-state index in [9.17, 15) is 8.42 Å². The molecule has 0 radical (unpaired) electrons. The Balaban J connectivity index is 1.72. The molecule has 0 saturated heterocycles. The van der Waals surface area contributed by atoms with Crippen LogP contribution in [0.2, 0.25) is 0 Å². The molecular formula is C23H29N5O2S. The molecule has 164 valence electrons. The molecule has 1 aliphatic rings. The highest BCUT2D eigenvalue weighted by Gasteiger charge is 2.36. The molecule has 3 aromatic rings. The minimum absolute atomic E-state index is 0.000416. The van der Waals surface area contributed by atoms with Crippen LogP contribution >= 0.6 is 0 Å². The van der Waals surface area contributed by atoms with Crippen molar-refractivity contribution >= 4 is 10.0 Å². The molecule has 1 saturated carbocycles. The quantitative estimate of drug-likeness (QED) is 0.579. The summed E-state index contributed by atoms with van der Waals surface area (Å²) in [6.07, 6.45) is 5.68. The predicted molar refractivity (Wildman–Crippen MR) is 119 cm³/mol. The van der Waals surface area contributed by atoms with Crippen LogP contribution in [0.15, 0.2) is 53.7 Å². The van der Waals surface area contributed by atoms with Gasteiger partial charge in [0.15, 0.2) is 0 Å². The Morgan fingerprint density at radius 1 is 1.06 bits per heavy atom. The lowest BCUT2D eigenvalue weighted by atomic mass is 9.86. The van der Waals surface area contributed by atoms with Crippen molar-refractivity contribution in [2.45, 2.75) is 63.9 Å². The summed E-state index contributed by atoms with van der Waals surface area (Å²) in [5.74, 6) is 0.329. The van der Waals surface area contributed by atoms with E-state index in [2.05, 4.69) is 22.4 Å². The van der Waals surface area contributed by atoms with Crippen molar-refractivity contribution in [2.75, 3.05) is 0 Å². The van der Waals surface area contributed by atoms with E-state index in [1.807, 2.05) is 38.1 Å².